The molecule has 0 radical (unpaired) electrons. The highest BCUT2D eigenvalue weighted by Gasteiger charge is 2.24. The number of unbranched alkanes of at least 4 members (excludes halogenated alkanes) is 2. The van der Waals surface area contributed by atoms with Gasteiger partial charge in [-0.2, -0.15) is 11.3 Å². The molecule has 0 unspecified atom stereocenters. The Labute approximate surface area is 155 Å². The number of nitrogens with two attached hydrogens (primary N) is 1. The molecule has 0 spiro atoms. The van der Waals surface area contributed by atoms with Crippen LogP contribution in [0.25, 0.3) is 11.1 Å². The van der Waals surface area contributed by atoms with Crippen LogP contribution in [-0.4, -0.2) is 36.0 Å². The molecule has 4 nitrogen and oxygen atoms in total. The third-order valence-electron chi connectivity index (χ3n) is 4.69. The second-order valence-corrected chi connectivity index (χ2v) is 7.70. The van der Waals surface area contributed by atoms with E-state index in [-0.39, 0.29) is 5.91 Å². The number of amides is 1. The first-order valence-electron chi connectivity index (χ1n) is 9.16. The van der Waals surface area contributed by atoms with Crippen LogP contribution in [0.5, 0.6) is 0 Å². The SMILES string of the molecule is CCCCCc1c(-c2ccsc2)c(C(N)=O)c(C)n1CCCN(C)C. The fourth-order valence-electron chi connectivity index (χ4n) is 3.47. The minimum atomic E-state index is -0.318. The number of carbonyl (C=O) groups excluding carboxylic acids is 1. The number of nitrogens with zero attached hydrogens (tertiary/aromatic N) is 2. The summed E-state index contributed by atoms with van der Waals surface area (Å²) in [6.45, 7) is 6.21. The lowest BCUT2D eigenvalue weighted by molar-refractivity contribution is 0.1000. The lowest BCUT2D eigenvalue weighted by Crippen LogP contribution is -2.17. The molecule has 2 aromatic rings. The Morgan fingerprint density at radius 1 is 1.28 bits per heavy atom. The van der Waals surface area contributed by atoms with Crippen LogP contribution < -0.4 is 5.73 Å². The molecule has 0 aliphatic heterocycles. The average Bonchev–Trinajstić information content (AvgIpc) is 3.15. The van der Waals surface area contributed by atoms with Crippen LogP contribution in [0.3, 0.4) is 0 Å². The molecule has 2 rings (SSSR count). The first-order chi connectivity index (χ1) is 12.0. The fraction of sp³-hybridized carbons (Fsp3) is 0.550. The molecule has 0 fully saturated rings. The van der Waals surface area contributed by atoms with E-state index in [0.717, 1.165) is 49.2 Å². The van der Waals surface area contributed by atoms with Gasteiger partial charge in [-0.1, -0.05) is 19.8 Å². The summed E-state index contributed by atoms with van der Waals surface area (Å²) in [4.78, 5) is 14.4. The lowest BCUT2D eigenvalue weighted by Gasteiger charge is -2.15. The zero-order valence-corrected chi connectivity index (χ0v) is 16.8. The van der Waals surface area contributed by atoms with E-state index in [4.69, 9.17) is 5.73 Å². The van der Waals surface area contributed by atoms with Crippen molar-refractivity contribution >= 4 is 17.2 Å². The minimum Gasteiger partial charge on any atom is -0.366 e. The standard InChI is InChI=1S/C20H31N3OS/c1-5-6-7-9-17-19(16-10-13-25-14-16)18(20(21)24)15(2)23(17)12-8-11-22(3)4/h10,13-14H,5-9,11-12H2,1-4H3,(H2,21,24). The van der Waals surface area contributed by atoms with E-state index in [9.17, 15) is 4.79 Å². The molecule has 2 N–H and O–H groups in total. The van der Waals surface area contributed by atoms with E-state index in [2.05, 4.69) is 47.3 Å². The predicted octanol–water partition coefficient (Wildman–Crippen LogP) is 4.31. The Kier molecular flexibility index (Phi) is 7.26. The smallest absolute Gasteiger partial charge is 0.251 e. The normalized spacial score (nSPS) is 11.4. The van der Waals surface area contributed by atoms with Crippen LogP contribution in [0.4, 0.5) is 0 Å². The third-order valence-corrected chi connectivity index (χ3v) is 5.37. The molecular formula is C20H31N3OS. The van der Waals surface area contributed by atoms with Crippen molar-refractivity contribution in [2.75, 3.05) is 20.6 Å². The summed E-state index contributed by atoms with van der Waals surface area (Å²) < 4.78 is 2.34. The van der Waals surface area contributed by atoms with E-state index >= 15 is 0 Å². The Morgan fingerprint density at radius 3 is 2.60 bits per heavy atom. The number of hydrogen-bond acceptors (Lipinski definition) is 3. The predicted molar refractivity (Wildman–Crippen MR) is 107 cm³/mol. The summed E-state index contributed by atoms with van der Waals surface area (Å²) >= 11 is 1.66. The largest absolute Gasteiger partial charge is 0.366 e. The van der Waals surface area contributed by atoms with Gasteiger partial charge >= 0.3 is 0 Å². The van der Waals surface area contributed by atoms with Gasteiger partial charge in [-0.3, -0.25) is 4.79 Å². The van der Waals surface area contributed by atoms with Crippen molar-refractivity contribution in [1.29, 1.82) is 0 Å². The molecule has 0 bridgehead atoms. The summed E-state index contributed by atoms with van der Waals surface area (Å²) in [6.07, 6.45) is 5.59. The monoisotopic (exact) mass is 361 g/mol. The van der Waals surface area contributed by atoms with Gasteiger partial charge in [-0.25, -0.2) is 0 Å². The maximum atomic E-state index is 12.2. The van der Waals surface area contributed by atoms with Crippen molar-refractivity contribution in [2.24, 2.45) is 5.73 Å². The van der Waals surface area contributed by atoms with Gasteiger partial charge in [0, 0.05) is 23.5 Å². The number of rotatable bonds is 10. The van der Waals surface area contributed by atoms with Gasteiger partial charge in [0.25, 0.3) is 5.91 Å². The summed E-state index contributed by atoms with van der Waals surface area (Å²) in [7, 11) is 4.19. The first-order valence-corrected chi connectivity index (χ1v) is 10.1. The maximum absolute atomic E-state index is 12.2. The first kappa shape index (κ1) is 19.7. The van der Waals surface area contributed by atoms with Crippen LogP contribution in [-0.2, 0) is 13.0 Å². The molecule has 2 aromatic heterocycles. The Bertz CT molecular complexity index is 686. The summed E-state index contributed by atoms with van der Waals surface area (Å²) in [5, 5.41) is 4.18. The topological polar surface area (TPSA) is 51.3 Å². The highest BCUT2D eigenvalue weighted by molar-refractivity contribution is 7.08. The average molecular weight is 362 g/mol. The van der Waals surface area contributed by atoms with Crippen LogP contribution >= 0.6 is 11.3 Å². The van der Waals surface area contributed by atoms with E-state index < -0.39 is 0 Å². The zero-order chi connectivity index (χ0) is 18.4. The number of aromatic nitrogens is 1. The molecule has 25 heavy (non-hydrogen) atoms. The van der Waals surface area contributed by atoms with E-state index in [1.807, 2.05) is 6.92 Å². The van der Waals surface area contributed by atoms with Crippen molar-refractivity contribution in [2.45, 2.75) is 52.5 Å². The Morgan fingerprint density at radius 2 is 2.04 bits per heavy atom. The molecule has 1 amide bonds. The Hall–Kier alpha value is -1.59. The molecule has 0 aliphatic rings. The summed E-state index contributed by atoms with van der Waals surface area (Å²) in [5.74, 6) is -0.318. The van der Waals surface area contributed by atoms with Crippen LogP contribution in [0.1, 0.15) is 54.4 Å². The van der Waals surface area contributed by atoms with Crippen molar-refractivity contribution in [1.82, 2.24) is 9.47 Å². The van der Waals surface area contributed by atoms with Gasteiger partial charge < -0.3 is 15.2 Å². The zero-order valence-electron chi connectivity index (χ0n) is 16.0. The second-order valence-electron chi connectivity index (χ2n) is 6.92. The van der Waals surface area contributed by atoms with E-state index in [1.54, 1.807) is 11.3 Å². The van der Waals surface area contributed by atoms with Gasteiger partial charge in [0.05, 0.1) is 5.56 Å². The third kappa shape index (κ3) is 4.73. The molecule has 0 saturated carbocycles. The number of thiophene rings is 1. The number of carbonyl (C=O) groups is 1. The van der Waals surface area contributed by atoms with Gasteiger partial charge in [0.15, 0.2) is 0 Å². The van der Waals surface area contributed by atoms with Gasteiger partial charge in [0.2, 0.25) is 0 Å². The maximum Gasteiger partial charge on any atom is 0.251 e. The molecule has 2 heterocycles. The molecule has 5 heteroatoms. The highest BCUT2D eigenvalue weighted by Crippen LogP contribution is 2.35. The van der Waals surface area contributed by atoms with E-state index in [0.29, 0.717) is 5.56 Å². The molecule has 138 valence electrons. The molecule has 0 saturated heterocycles. The second kappa shape index (κ2) is 9.20. The molecule has 0 aromatic carbocycles. The van der Waals surface area contributed by atoms with Crippen molar-refractivity contribution in [3.05, 3.63) is 33.8 Å². The van der Waals surface area contributed by atoms with Crippen molar-refractivity contribution in [3.63, 3.8) is 0 Å². The van der Waals surface area contributed by atoms with Crippen molar-refractivity contribution < 1.29 is 4.79 Å². The molecule has 0 aliphatic carbocycles. The van der Waals surface area contributed by atoms with Gasteiger partial charge in [-0.15, -0.1) is 0 Å². The lowest BCUT2D eigenvalue weighted by atomic mass is 9.99. The number of primary amides is 1. The van der Waals surface area contributed by atoms with E-state index in [1.165, 1.54) is 18.5 Å². The van der Waals surface area contributed by atoms with Crippen LogP contribution in [0.15, 0.2) is 16.8 Å². The highest BCUT2D eigenvalue weighted by atomic mass is 32.1. The van der Waals surface area contributed by atoms with Crippen molar-refractivity contribution in [3.8, 4) is 11.1 Å². The van der Waals surface area contributed by atoms with Crippen LogP contribution in [0.2, 0.25) is 0 Å². The quantitative estimate of drug-likeness (QED) is 0.641. The van der Waals surface area contributed by atoms with Gasteiger partial charge in [-0.05, 0) is 69.2 Å². The molecular weight excluding hydrogens is 330 g/mol. The summed E-state index contributed by atoms with van der Waals surface area (Å²) in [5.41, 5.74) is 11.0. The Balaban J connectivity index is 2.48. The minimum absolute atomic E-state index is 0.318. The van der Waals surface area contributed by atoms with Gasteiger partial charge in [0.1, 0.15) is 0 Å². The fourth-order valence-corrected chi connectivity index (χ4v) is 4.11. The summed E-state index contributed by atoms with van der Waals surface area (Å²) in [6, 6.07) is 2.10. The number of hydrogen-bond donors (Lipinski definition) is 1. The molecule has 0 atom stereocenters. The van der Waals surface area contributed by atoms with Crippen LogP contribution in [0, 0.1) is 6.92 Å².